The summed E-state index contributed by atoms with van der Waals surface area (Å²) in [6.07, 6.45) is 2.73. The average molecular weight is 413 g/mol. The predicted octanol–water partition coefficient (Wildman–Crippen LogP) is 2.93. The first-order valence-corrected chi connectivity index (χ1v) is 10.6. The first kappa shape index (κ1) is 18.8. The van der Waals surface area contributed by atoms with Crippen molar-refractivity contribution in [1.82, 2.24) is 9.97 Å². The van der Waals surface area contributed by atoms with E-state index in [1.54, 1.807) is 36.5 Å². The third kappa shape index (κ3) is 4.85. The average Bonchev–Trinajstić information content (AvgIpc) is 3.15. The molecule has 4 rings (SSSR count). The summed E-state index contributed by atoms with van der Waals surface area (Å²) < 4.78 is 36.1. The van der Waals surface area contributed by atoms with E-state index in [0.29, 0.717) is 29.7 Å². The van der Waals surface area contributed by atoms with Crippen LogP contribution in [0.15, 0.2) is 54.7 Å². The van der Waals surface area contributed by atoms with Gasteiger partial charge in [-0.25, -0.2) is 13.4 Å². The van der Waals surface area contributed by atoms with Gasteiger partial charge in [-0.2, -0.15) is 4.98 Å². The Kier molecular flexibility index (Phi) is 5.09. The highest BCUT2D eigenvalue weighted by atomic mass is 32.2. The molecule has 3 N–H and O–H groups in total. The zero-order valence-electron chi connectivity index (χ0n) is 15.5. The lowest BCUT2D eigenvalue weighted by Gasteiger charge is -2.11. The Bertz CT molecular complexity index is 1140. The lowest BCUT2D eigenvalue weighted by atomic mass is 10.2. The van der Waals surface area contributed by atoms with E-state index in [-0.39, 0.29) is 6.79 Å². The van der Waals surface area contributed by atoms with Crippen LogP contribution in [0, 0.1) is 0 Å². The number of benzene rings is 2. The van der Waals surface area contributed by atoms with Crippen LogP contribution < -0.4 is 24.8 Å². The van der Waals surface area contributed by atoms with E-state index in [1.165, 1.54) is 0 Å². The molecule has 0 atom stereocenters. The Morgan fingerprint density at radius 1 is 1.07 bits per heavy atom. The van der Waals surface area contributed by atoms with Gasteiger partial charge in [-0.15, -0.1) is 0 Å². The van der Waals surface area contributed by atoms with Crippen molar-refractivity contribution in [3.05, 3.63) is 60.3 Å². The maximum Gasteiger partial charge on any atom is 0.231 e. The summed E-state index contributed by atoms with van der Waals surface area (Å²) >= 11 is 0. The van der Waals surface area contributed by atoms with E-state index in [0.717, 1.165) is 23.3 Å². The highest BCUT2D eigenvalue weighted by Crippen LogP contribution is 2.35. The third-order valence-electron chi connectivity index (χ3n) is 4.02. The second kappa shape index (κ2) is 7.84. The molecule has 1 aromatic heterocycles. The van der Waals surface area contributed by atoms with Gasteiger partial charge in [0, 0.05) is 24.0 Å². The molecule has 0 radical (unpaired) electrons. The van der Waals surface area contributed by atoms with Crippen LogP contribution in [-0.2, 0) is 16.6 Å². The normalized spacial score (nSPS) is 12.4. The minimum atomic E-state index is -3.35. The van der Waals surface area contributed by atoms with Gasteiger partial charge in [-0.1, -0.05) is 18.2 Å². The fraction of sp³-hybridized carbons (Fsp3) is 0.158. The van der Waals surface area contributed by atoms with Crippen LogP contribution in [0.3, 0.4) is 0 Å². The molecular weight excluding hydrogens is 394 g/mol. The monoisotopic (exact) mass is 413 g/mol. The first-order chi connectivity index (χ1) is 14.0. The number of anilines is 4. The maximum absolute atomic E-state index is 11.4. The molecule has 0 saturated carbocycles. The molecule has 0 spiro atoms. The van der Waals surface area contributed by atoms with E-state index in [1.807, 2.05) is 18.2 Å². The number of hydrogen-bond acceptors (Lipinski definition) is 8. The standard InChI is InChI=1S/C19H19N5O4S/c1-29(25,26)24-15-6-3-5-14(10-15)22-19-20-9-8-17(23-19)21-11-13-4-2-7-16-18(13)28-12-27-16/h2-10,24H,11-12H2,1H3,(H2,20,21,22,23). The molecule has 0 saturated heterocycles. The fourth-order valence-corrected chi connectivity index (χ4v) is 3.39. The molecule has 0 bridgehead atoms. The van der Waals surface area contributed by atoms with Crippen LogP contribution in [0.4, 0.5) is 23.1 Å². The number of nitrogens with one attached hydrogen (secondary N) is 3. The molecule has 0 fully saturated rings. The van der Waals surface area contributed by atoms with Crippen molar-refractivity contribution in [1.29, 1.82) is 0 Å². The van der Waals surface area contributed by atoms with Gasteiger partial charge in [-0.3, -0.25) is 4.72 Å². The number of fused-ring (bicyclic) bond motifs is 1. The molecule has 1 aliphatic heterocycles. The minimum Gasteiger partial charge on any atom is -0.454 e. The van der Waals surface area contributed by atoms with Gasteiger partial charge < -0.3 is 20.1 Å². The highest BCUT2D eigenvalue weighted by Gasteiger charge is 2.16. The molecule has 2 aromatic carbocycles. The van der Waals surface area contributed by atoms with Crippen LogP contribution in [0.2, 0.25) is 0 Å². The summed E-state index contributed by atoms with van der Waals surface area (Å²) in [6, 6.07) is 14.3. The Morgan fingerprint density at radius 3 is 2.76 bits per heavy atom. The second-order valence-electron chi connectivity index (χ2n) is 6.35. The van der Waals surface area contributed by atoms with Gasteiger partial charge in [0.2, 0.25) is 22.8 Å². The Labute approximate surface area is 168 Å². The van der Waals surface area contributed by atoms with Gasteiger partial charge in [0.25, 0.3) is 0 Å². The largest absolute Gasteiger partial charge is 0.454 e. The van der Waals surface area contributed by atoms with Gasteiger partial charge in [-0.05, 0) is 30.3 Å². The topological polar surface area (TPSA) is 114 Å². The molecule has 150 valence electrons. The van der Waals surface area contributed by atoms with Crippen LogP contribution in [0.1, 0.15) is 5.56 Å². The lowest BCUT2D eigenvalue weighted by Crippen LogP contribution is -2.09. The number of para-hydroxylation sites is 1. The van der Waals surface area contributed by atoms with E-state index in [4.69, 9.17) is 9.47 Å². The zero-order valence-corrected chi connectivity index (χ0v) is 16.4. The number of ether oxygens (including phenoxy) is 2. The highest BCUT2D eigenvalue weighted by molar-refractivity contribution is 7.92. The lowest BCUT2D eigenvalue weighted by molar-refractivity contribution is 0.173. The van der Waals surface area contributed by atoms with Crippen LogP contribution in [0.25, 0.3) is 0 Å². The van der Waals surface area contributed by atoms with Crippen molar-refractivity contribution in [2.45, 2.75) is 6.54 Å². The zero-order chi connectivity index (χ0) is 20.3. The molecule has 0 aliphatic carbocycles. The molecule has 1 aliphatic rings. The van der Waals surface area contributed by atoms with Crippen LogP contribution in [0.5, 0.6) is 11.5 Å². The van der Waals surface area contributed by atoms with Gasteiger partial charge in [0.1, 0.15) is 5.82 Å². The van der Waals surface area contributed by atoms with Crippen LogP contribution in [-0.4, -0.2) is 31.4 Å². The summed E-state index contributed by atoms with van der Waals surface area (Å²) in [5.74, 6) is 2.48. The molecule has 29 heavy (non-hydrogen) atoms. The van der Waals surface area contributed by atoms with Crippen molar-refractivity contribution in [2.24, 2.45) is 0 Å². The summed E-state index contributed by atoms with van der Waals surface area (Å²) in [6.45, 7) is 0.734. The van der Waals surface area contributed by atoms with Gasteiger partial charge in [0.15, 0.2) is 11.5 Å². The Balaban J connectivity index is 1.44. The third-order valence-corrected chi connectivity index (χ3v) is 4.62. The molecule has 0 amide bonds. The Hall–Kier alpha value is -3.53. The SMILES string of the molecule is CS(=O)(=O)Nc1cccc(Nc2nccc(NCc3cccc4c3OCO4)n2)c1. The molecule has 2 heterocycles. The molecule has 0 unspecified atom stereocenters. The number of aromatic nitrogens is 2. The summed E-state index contributed by atoms with van der Waals surface area (Å²) in [5, 5.41) is 6.31. The maximum atomic E-state index is 11.4. The summed E-state index contributed by atoms with van der Waals surface area (Å²) in [7, 11) is -3.35. The van der Waals surface area contributed by atoms with Crippen molar-refractivity contribution < 1.29 is 17.9 Å². The summed E-state index contributed by atoms with van der Waals surface area (Å²) in [5.41, 5.74) is 2.07. The smallest absolute Gasteiger partial charge is 0.231 e. The van der Waals surface area contributed by atoms with Crippen LogP contribution >= 0.6 is 0 Å². The van der Waals surface area contributed by atoms with Crippen molar-refractivity contribution >= 4 is 33.2 Å². The Morgan fingerprint density at radius 2 is 1.90 bits per heavy atom. The summed E-state index contributed by atoms with van der Waals surface area (Å²) in [4.78, 5) is 8.64. The number of rotatable bonds is 7. The van der Waals surface area contributed by atoms with Crippen molar-refractivity contribution in [3.8, 4) is 11.5 Å². The van der Waals surface area contributed by atoms with Gasteiger partial charge in [0.05, 0.1) is 11.9 Å². The molecule has 10 heteroatoms. The van der Waals surface area contributed by atoms with E-state index >= 15 is 0 Å². The predicted molar refractivity (Wildman–Crippen MR) is 110 cm³/mol. The quantitative estimate of drug-likeness (QED) is 0.542. The van der Waals surface area contributed by atoms with E-state index < -0.39 is 10.0 Å². The second-order valence-corrected chi connectivity index (χ2v) is 8.10. The fourth-order valence-electron chi connectivity index (χ4n) is 2.84. The first-order valence-electron chi connectivity index (χ1n) is 8.75. The number of nitrogens with zero attached hydrogens (tertiary/aromatic N) is 2. The number of hydrogen-bond donors (Lipinski definition) is 3. The minimum absolute atomic E-state index is 0.223. The molecule has 9 nitrogen and oxygen atoms in total. The van der Waals surface area contributed by atoms with Crippen molar-refractivity contribution in [2.75, 3.05) is 28.4 Å². The van der Waals surface area contributed by atoms with Gasteiger partial charge >= 0.3 is 0 Å². The van der Waals surface area contributed by atoms with E-state index in [9.17, 15) is 8.42 Å². The number of sulfonamides is 1. The van der Waals surface area contributed by atoms with E-state index in [2.05, 4.69) is 25.3 Å². The van der Waals surface area contributed by atoms with Crippen molar-refractivity contribution in [3.63, 3.8) is 0 Å². The molecule has 3 aromatic rings. The molecular formula is C19H19N5O4S.